The molecule has 164 valence electrons. The van der Waals surface area contributed by atoms with Crippen molar-refractivity contribution in [3.63, 3.8) is 0 Å². The number of nitrogen functional groups attached to an aromatic ring is 1. The number of hydrogen-bond donors (Lipinski definition) is 2. The Balaban J connectivity index is 1.36. The van der Waals surface area contributed by atoms with E-state index < -0.39 is 0 Å². The Morgan fingerprint density at radius 2 is 1.91 bits per heavy atom. The SMILES string of the molecule is CC(NC(=O)c1ccc(-n2ncc(C#N)c2N)cc1)c1ccc(OCc2cccnc2)cc1. The summed E-state index contributed by atoms with van der Waals surface area (Å²) in [5, 5.41) is 16.1. The number of aromatic nitrogens is 3. The fourth-order valence-electron chi connectivity index (χ4n) is 3.27. The molecule has 1 atom stereocenters. The molecule has 0 aliphatic carbocycles. The molecule has 2 aromatic carbocycles. The number of carbonyl (C=O) groups is 1. The summed E-state index contributed by atoms with van der Waals surface area (Å²) >= 11 is 0. The molecular formula is C25H22N6O2. The summed E-state index contributed by atoms with van der Waals surface area (Å²) in [6.45, 7) is 2.36. The quantitative estimate of drug-likeness (QED) is 0.453. The van der Waals surface area contributed by atoms with Crippen LogP contribution in [0.4, 0.5) is 5.82 Å². The summed E-state index contributed by atoms with van der Waals surface area (Å²) in [6.07, 6.45) is 4.90. The molecule has 33 heavy (non-hydrogen) atoms. The van der Waals surface area contributed by atoms with Gasteiger partial charge in [-0.25, -0.2) is 4.68 Å². The zero-order chi connectivity index (χ0) is 23.2. The molecule has 2 aromatic heterocycles. The Labute approximate surface area is 191 Å². The topological polar surface area (TPSA) is 119 Å². The standard InChI is InChI=1S/C25H22N6O2/c1-17(19-6-10-23(11-7-19)33-16-18-3-2-12-28-14-18)30-25(32)20-4-8-22(9-5-20)31-24(27)21(13-26)15-29-31/h2-12,14-15,17H,16,27H2,1H3,(H,30,32). The van der Waals surface area contributed by atoms with Gasteiger partial charge < -0.3 is 15.8 Å². The van der Waals surface area contributed by atoms with Crippen molar-refractivity contribution in [2.45, 2.75) is 19.6 Å². The predicted octanol–water partition coefficient (Wildman–Crippen LogP) is 3.79. The van der Waals surface area contributed by atoms with Gasteiger partial charge >= 0.3 is 0 Å². The highest BCUT2D eigenvalue weighted by Crippen LogP contribution is 2.20. The van der Waals surface area contributed by atoms with Crippen LogP contribution in [0, 0.1) is 11.3 Å². The number of amides is 1. The molecule has 0 bridgehead atoms. The van der Waals surface area contributed by atoms with Crippen molar-refractivity contribution in [3.8, 4) is 17.5 Å². The van der Waals surface area contributed by atoms with E-state index in [0.29, 0.717) is 23.4 Å². The number of ether oxygens (including phenoxy) is 1. The average molecular weight is 438 g/mol. The smallest absolute Gasteiger partial charge is 0.251 e. The van der Waals surface area contributed by atoms with Crippen molar-refractivity contribution < 1.29 is 9.53 Å². The third-order valence-electron chi connectivity index (χ3n) is 5.16. The van der Waals surface area contributed by atoms with E-state index >= 15 is 0 Å². The largest absolute Gasteiger partial charge is 0.489 e. The summed E-state index contributed by atoms with van der Waals surface area (Å²) in [7, 11) is 0. The molecule has 1 unspecified atom stereocenters. The van der Waals surface area contributed by atoms with Gasteiger partial charge in [0.2, 0.25) is 0 Å². The predicted molar refractivity (Wildman–Crippen MR) is 124 cm³/mol. The van der Waals surface area contributed by atoms with Gasteiger partial charge in [0.25, 0.3) is 5.91 Å². The van der Waals surface area contributed by atoms with Crippen molar-refractivity contribution in [2.24, 2.45) is 0 Å². The molecule has 0 fully saturated rings. The first-order chi connectivity index (χ1) is 16.0. The first kappa shape index (κ1) is 21.6. The van der Waals surface area contributed by atoms with Crippen LogP contribution in [-0.4, -0.2) is 20.7 Å². The van der Waals surface area contributed by atoms with Crippen molar-refractivity contribution in [2.75, 3.05) is 5.73 Å². The maximum Gasteiger partial charge on any atom is 0.251 e. The van der Waals surface area contributed by atoms with Gasteiger partial charge in [-0.05, 0) is 55.0 Å². The molecule has 4 rings (SSSR count). The number of anilines is 1. The first-order valence-electron chi connectivity index (χ1n) is 10.3. The molecule has 0 spiro atoms. The number of nitrogens with one attached hydrogen (secondary N) is 1. The van der Waals surface area contributed by atoms with E-state index in [1.807, 2.05) is 49.4 Å². The first-order valence-corrected chi connectivity index (χ1v) is 10.3. The van der Waals surface area contributed by atoms with E-state index in [2.05, 4.69) is 15.4 Å². The maximum absolute atomic E-state index is 12.7. The summed E-state index contributed by atoms with van der Waals surface area (Å²) in [6, 6.07) is 20.1. The summed E-state index contributed by atoms with van der Waals surface area (Å²) in [5.74, 6) is 0.808. The lowest BCUT2D eigenvalue weighted by Gasteiger charge is -2.15. The van der Waals surface area contributed by atoms with E-state index in [9.17, 15) is 4.79 Å². The van der Waals surface area contributed by atoms with Crippen LogP contribution in [0.15, 0.2) is 79.3 Å². The van der Waals surface area contributed by atoms with Crippen LogP contribution >= 0.6 is 0 Å². The van der Waals surface area contributed by atoms with Gasteiger partial charge in [0.05, 0.1) is 17.9 Å². The fraction of sp³-hybridized carbons (Fsp3) is 0.120. The van der Waals surface area contributed by atoms with E-state index in [0.717, 1.165) is 16.9 Å². The van der Waals surface area contributed by atoms with Crippen molar-refractivity contribution in [3.05, 3.63) is 102 Å². The normalized spacial score (nSPS) is 11.4. The Hall–Kier alpha value is -4.64. The van der Waals surface area contributed by atoms with Crippen molar-refractivity contribution in [1.29, 1.82) is 5.26 Å². The minimum absolute atomic E-state index is 0.190. The number of benzene rings is 2. The van der Waals surface area contributed by atoms with E-state index in [-0.39, 0.29) is 17.8 Å². The zero-order valence-electron chi connectivity index (χ0n) is 18.0. The fourth-order valence-corrected chi connectivity index (χ4v) is 3.27. The highest BCUT2D eigenvalue weighted by molar-refractivity contribution is 5.94. The summed E-state index contributed by atoms with van der Waals surface area (Å²) < 4.78 is 7.24. The van der Waals surface area contributed by atoms with Crippen LogP contribution in [0.1, 0.15) is 40.0 Å². The van der Waals surface area contributed by atoms with E-state index in [1.54, 1.807) is 36.7 Å². The summed E-state index contributed by atoms with van der Waals surface area (Å²) in [5.41, 5.74) is 9.35. The number of carbonyl (C=O) groups excluding carboxylic acids is 1. The Kier molecular flexibility index (Phi) is 6.32. The number of nitriles is 1. The van der Waals surface area contributed by atoms with Gasteiger partial charge in [-0.1, -0.05) is 18.2 Å². The van der Waals surface area contributed by atoms with Gasteiger partial charge in [0, 0.05) is 23.5 Å². The molecule has 4 aromatic rings. The highest BCUT2D eigenvalue weighted by atomic mass is 16.5. The highest BCUT2D eigenvalue weighted by Gasteiger charge is 2.13. The van der Waals surface area contributed by atoms with Crippen molar-refractivity contribution in [1.82, 2.24) is 20.1 Å². The van der Waals surface area contributed by atoms with E-state index in [1.165, 1.54) is 10.9 Å². The molecule has 0 radical (unpaired) electrons. The van der Waals surface area contributed by atoms with Crippen LogP contribution in [0.25, 0.3) is 5.69 Å². The molecule has 2 heterocycles. The molecule has 1 amide bonds. The third kappa shape index (κ3) is 4.99. The van der Waals surface area contributed by atoms with Crippen LogP contribution in [-0.2, 0) is 6.61 Å². The zero-order valence-corrected chi connectivity index (χ0v) is 18.0. The summed E-state index contributed by atoms with van der Waals surface area (Å²) in [4.78, 5) is 16.8. The average Bonchev–Trinajstić information content (AvgIpc) is 3.24. The second-order valence-electron chi connectivity index (χ2n) is 7.43. The van der Waals surface area contributed by atoms with Crippen LogP contribution in [0.5, 0.6) is 5.75 Å². The number of nitrogens with two attached hydrogens (primary N) is 1. The second-order valence-corrected chi connectivity index (χ2v) is 7.43. The lowest BCUT2D eigenvalue weighted by atomic mass is 10.1. The van der Waals surface area contributed by atoms with Gasteiger partial charge in [-0.3, -0.25) is 9.78 Å². The number of pyridine rings is 1. The number of hydrogen-bond acceptors (Lipinski definition) is 6. The van der Waals surface area contributed by atoms with Crippen LogP contribution in [0.2, 0.25) is 0 Å². The Bertz CT molecular complexity index is 1280. The van der Waals surface area contributed by atoms with Gasteiger partial charge in [-0.2, -0.15) is 10.4 Å². The lowest BCUT2D eigenvalue weighted by molar-refractivity contribution is 0.0940. The second kappa shape index (κ2) is 9.66. The van der Waals surface area contributed by atoms with Gasteiger partial charge in [0.15, 0.2) is 0 Å². The van der Waals surface area contributed by atoms with Gasteiger partial charge in [0.1, 0.15) is 29.8 Å². The van der Waals surface area contributed by atoms with Crippen LogP contribution in [0.3, 0.4) is 0 Å². The third-order valence-corrected chi connectivity index (χ3v) is 5.16. The molecule has 0 saturated carbocycles. The molecule has 3 N–H and O–H groups in total. The maximum atomic E-state index is 12.7. The molecule has 0 aliphatic rings. The molecule has 8 heteroatoms. The van der Waals surface area contributed by atoms with Crippen LogP contribution < -0.4 is 15.8 Å². The number of nitrogens with zero attached hydrogens (tertiary/aromatic N) is 4. The van der Waals surface area contributed by atoms with E-state index in [4.69, 9.17) is 15.7 Å². The minimum Gasteiger partial charge on any atom is -0.489 e. The van der Waals surface area contributed by atoms with Crippen molar-refractivity contribution >= 4 is 11.7 Å². The molecule has 8 nitrogen and oxygen atoms in total. The molecule has 0 saturated heterocycles. The number of rotatable bonds is 7. The molecular weight excluding hydrogens is 416 g/mol. The van der Waals surface area contributed by atoms with Gasteiger partial charge in [-0.15, -0.1) is 0 Å². The molecule has 0 aliphatic heterocycles. The monoisotopic (exact) mass is 438 g/mol. The minimum atomic E-state index is -0.197. The Morgan fingerprint density at radius 1 is 1.15 bits per heavy atom. The lowest BCUT2D eigenvalue weighted by Crippen LogP contribution is -2.26. The Morgan fingerprint density at radius 3 is 2.55 bits per heavy atom.